The minimum absolute atomic E-state index is 0.105. The van der Waals surface area contributed by atoms with E-state index in [1.54, 1.807) is 6.92 Å². The lowest BCUT2D eigenvalue weighted by Gasteiger charge is -2.38. The molecule has 0 saturated carbocycles. The number of aliphatic carboxylic acids is 1. The van der Waals surface area contributed by atoms with Crippen molar-refractivity contribution in [3.05, 3.63) is 0 Å². The fourth-order valence-corrected chi connectivity index (χ4v) is 2.38. The Morgan fingerprint density at radius 1 is 1.42 bits per heavy atom. The van der Waals surface area contributed by atoms with Crippen molar-refractivity contribution in [2.45, 2.75) is 52.1 Å². The highest BCUT2D eigenvalue weighted by Gasteiger charge is 2.39. The Hall–Kier alpha value is -1.59. The lowest BCUT2D eigenvalue weighted by Crippen LogP contribution is -2.63. The summed E-state index contributed by atoms with van der Waals surface area (Å²) in [6, 6.07) is -1.13. The Morgan fingerprint density at radius 3 is 2.53 bits per heavy atom. The molecule has 0 aromatic rings. The topological polar surface area (TPSA) is 86.7 Å². The van der Waals surface area contributed by atoms with Crippen LogP contribution >= 0.6 is 0 Å². The van der Waals surface area contributed by atoms with Crippen LogP contribution in [0.5, 0.6) is 0 Å². The fraction of sp³-hybridized carbons (Fsp3) is 0.769. The van der Waals surface area contributed by atoms with Gasteiger partial charge in [0.05, 0.1) is 0 Å². The molecule has 1 heterocycles. The molecule has 19 heavy (non-hydrogen) atoms. The molecule has 0 radical (unpaired) electrons. The maximum atomic E-state index is 12.3. The van der Waals surface area contributed by atoms with E-state index in [4.69, 9.17) is 5.11 Å². The van der Waals surface area contributed by atoms with Crippen LogP contribution in [-0.2, 0) is 14.4 Å². The molecule has 108 valence electrons. The van der Waals surface area contributed by atoms with Crippen molar-refractivity contribution >= 4 is 17.8 Å². The Labute approximate surface area is 113 Å². The van der Waals surface area contributed by atoms with Crippen LogP contribution < -0.4 is 5.32 Å². The smallest absolute Gasteiger partial charge is 0.303 e. The second kappa shape index (κ2) is 6.54. The van der Waals surface area contributed by atoms with Gasteiger partial charge in [-0.3, -0.25) is 14.4 Å². The molecule has 6 heteroatoms. The monoisotopic (exact) mass is 270 g/mol. The number of piperazine rings is 1. The Bertz CT molecular complexity index is 368. The van der Waals surface area contributed by atoms with Crippen LogP contribution in [0.2, 0.25) is 0 Å². The van der Waals surface area contributed by atoms with Gasteiger partial charge in [0.1, 0.15) is 12.1 Å². The van der Waals surface area contributed by atoms with E-state index in [-0.39, 0.29) is 24.7 Å². The van der Waals surface area contributed by atoms with E-state index in [1.165, 1.54) is 4.90 Å². The summed E-state index contributed by atoms with van der Waals surface area (Å²) in [5.41, 5.74) is 0. The van der Waals surface area contributed by atoms with E-state index in [9.17, 15) is 14.4 Å². The summed E-state index contributed by atoms with van der Waals surface area (Å²) < 4.78 is 0. The van der Waals surface area contributed by atoms with Gasteiger partial charge < -0.3 is 15.3 Å². The number of nitrogens with zero attached hydrogens (tertiary/aromatic N) is 1. The molecular formula is C13H22N2O4. The van der Waals surface area contributed by atoms with Crippen LogP contribution in [0, 0.1) is 5.92 Å². The molecule has 2 atom stereocenters. The average molecular weight is 270 g/mol. The van der Waals surface area contributed by atoms with Crippen molar-refractivity contribution in [3.63, 3.8) is 0 Å². The number of rotatable bonds is 6. The highest BCUT2D eigenvalue weighted by Crippen LogP contribution is 2.18. The number of carbonyl (C=O) groups excluding carboxylic acids is 2. The molecule has 2 amide bonds. The molecule has 0 aromatic carbocycles. The summed E-state index contributed by atoms with van der Waals surface area (Å²) in [5, 5.41) is 11.4. The van der Waals surface area contributed by atoms with Gasteiger partial charge in [-0.2, -0.15) is 0 Å². The van der Waals surface area contributed by atoms with E-state index in [0.29, 0.717) is 18.9 Å². The summed E-state index contributed by atoms with van der Waals surface area (Å²) in [4.78, 5) is 36.4. The molecule has 0 bridgehead atoms. The van der Waals surface area contributed by atoms with Crippen molar-refractivity contribution in [3.8, 4) is 0 Å². The van der Waals surface area contributed by atoms with Crippen molar-refractivity contribution < 1.29 is 19.5 Å². The van der Waals surface area contributed by atoms with Crippen molar-refractivity contribution in [1.29, 1.82) is 0 Å². The summed E-state index contributed by atoms with van der Waals surface area (Å²) in [5.74, 6) is -0.997. The zero-order chi connectivity index (χ0) is 14.6. The average Bonchev–Trinajstić information content (AvgIpc) is 2.30. The van der Waals surface area contributed by atoms with E-state index in [0.717, 1.165) is 0 Å². The van der Waals surface area contributed by atoms with E-state index in [1.807, 2.05) is 13.8 Å². The minimum Gasteiger partial charge on any atom is -0.481 e. The fourth-order valence-electron chi connectivity index (χ4n) is 2.38. The Morgan fingerprint density at radius 2 is 2.05 bits per heavy atom. The molecule has 1 aliphatic heterocycles. The van der Waals surface area contributed by atoms with E-state index in [2.05, 4.69) is 5.32 Å². The predicted molar refractivity (Wildman–Crippen MR) is 69.4 cm³/mol. The van der Waals surface area contributed by atoms with Crippen LogP contribution in [0.25, 0.3) is 0 Å². The van der Waals surface area contributed by atoms with Gasteiger partial charge in [-0.05, 0) is 25.7 Å². The first-order valence-corrected chi connectivity index (χ1v) is 6.69. The second-order valence-corrected chi connectivity index (χ2v) is 5.26. The second-order valence-electron chi connectivity index (χ2n) is 5.26. The van der Waals surface area contributed by atoms with Gasteiger partial charge in [-0.1, -0.05) is 13.8 Å². The molecule has 0 aromatic heterocycles. The highest BCUT2D eigenvalue weighted by molar-refractivity contribution is 5.97. The molecule has 6 nitrogen and oxygen atoms in total. The zero-order valence-electron chi connectivity index (χ0n) is 11.7. The van der Waals surface area contributed by atoms with Gasteiger partial charge in [0.2, 0.25) is 11.8 Å². The third-order valence-corrected chi connectivity index (χ3v) is 3.26. The molecule has 1 aliphatic rings. The molecule has 2 N–H and O–H groups in total. The standard InChI is InChI=1S/C13H22N2O4/c1-4-15-10(5-6-11(16)17)12(18)14-9(13(15)19)7-8(2)3/h8-10H,4-7H2,1-3H3,(H,14,18)(H,16,17)/t9-,10-/m0/s1. The van der Waals surface area contributed by atoms with E-state index >= 15 is 0 Å². The third-order valence-electron chi connectivity index (χ3n) is 3.26. The largest absolute Gasteiger partial charge is 0.481 e. The Kier molecular flexibility index (Phi) is 5.32. The third kappa shape index (κ3) is 3.94. The van der Waals surface area contributed by atoms with E-state index < -0.39 is 18.1 Å². The van der Waals surface area contributed by atoms with Gasteiger partial charge >= 0.3 is 5.97 Å². The number of carboxylic acid groups (broad SMARTS) is 1. The lowest BCUT2D eigenvalue weighted by molar-refractivity contribution is -0.150. The van der Waals surface area contributed by atoms with Crippen LogP contribution in [0.15, 0.2) is 0 Å². The number of carboxylic acids is 1. The number of nitrogens with one attached hydrogen (secondary N) is 1. The summed E-state index contributed by atoms with van der Waals surface area (Å²) in [6.45, 7) is 6.21. The van der Waals surface area contributed by atoms with Gasteiger partial charge in [0, 0.05) is 13.0 Å². The summed E-state index contributed by atoms with van der Waals surface area (Å²) in [6.07, 6.45) is 0.651. The maximum absolute atomic E-state index is 12.3. The summed E-state index contributed by atoms with van der Waals surface area (Å²) in [7, 11) is 0. The number of likely N-dealkylation sites (N-methyl/N-ethyl adjacent to an activating group) is 1. The van der Waals surface area contributed by atoms with Crippen LogP contribution in [-0.4, -0.2) is 46.4 Å². The summed E-state index contributed by atoms with van der Waals surface area (Å²) >= 11 is 0. The lowest BCUT2D eigenvalue weighted by atomic mass is 9.97. The maximum Gasteiger partial charge on any atom is 0.303 e. The van der Waals surface area contributed by atoms with Crippen LogP contribution in [0.3, 0.4) is 0 Å². The van der Waals surface area contributed by atoms with Gasteiger partial charge in [0.25, 0.3) is 0 Å². The SMILES string of the molecule is CCN1C(=O)[C@H](CC(C)C)NC(=O)[C@@H]1CCC(=O)O. The number of hydrogen-bond donors (Lipinski definition) is 2. The van der Waals surface area contributed by atoms with Gasteiger partial charge in [-0.15, -0.1) is 0 Å². The highest BCUT2D eigenvalue weighted by atomic mass is 16.4. The van der Waals surface area contributed by atoms with Gasteiger partial charge in [-0.25, -0.2) is 0 Å². The number of hydrogen-bond acceptors (Lipinski definition) is 3. The van der Waals surface area contributed by atoms with Crippen LogP contribution in [0.4, 0.5) is 0 Å². The first-order valence-electron chi connectivity index (χ1n) is 6.69. The van der Waals surface area contributed by atoms with Crippen LogP contribution in [0.1, 0.15) is 40.0 Å². The molecule has 1 fully saturated rings. The normalized spacial score (nSPS) is 23.7. The molecule has 0 aliphatic carbocycles. The number of amides is 2. The molecule has 0 unspecified atom stereocenters. The van der Waals surface area contributed by atoms with Crippen molar-refractivity contribution in [2.75, 3.05) is 6.54 Å². The quantitative estimate of drug-likeness (QED) is 0.740. The van der Waals surface area contributed by atoms with Crippen molar-refractivity contribution in [2.24, 2.45) is 5.92 Å². The first-order chi connectivity index (χ1) is 8.86. The Balaban J connectivity index is 2.78. The number of carbonyl (C=O) groups is 3. The molecule has 0 spiro atoms. The molecular weight excluding hydrogens is 248 g/mol. The minimum atomic E-state index is -0.958. The van der Waals surface area contributed by atoms with Crippen molar-refractivity contribution in [1.82, 2.24) is 10.2 Å². The predicted octanol–water partition coefficient (Wildman–Crippen LogP) is 0.613. The first kappa shape index (κ1) is 15.5. The molecule has 1 rings (SSSR count). The molecule has 1 saturated heterocycles. The zero-order valence-corrected chi connectivity index (χ0v) is 11.7. The van der Waals surface area contributed by atoms with Gasteiger partial charge in [0.15, 0.2) is 0 Å².